The van der Waals surface area contributed by atoms with Crippen LogP contribution in [0.3, 0.4) is 0 Å². The quantitative estimate of drug-likeness (QED) is 0.192. The predicted molar refractivity (Wildman–Crippen MR) is 161 cm³/mol. The van der Waals surface area contributed by atoms with Gasteiger partial charge in [-0.1, -0.05) is 64.3 Å². The lowest BCUT2D eigenvalue weighted by Gasteiger charge is -2.29. The Morgan fingerprint density at radius 2 is 1.93 bits per heavy atom. The predicted octanol–water partition coefficient (Wildman–Crippen LogP) is 4.29. The zero-order valence-corrected chi connectivity index (χ0v) is 26.4. The Kier molecular flexibility index (Phi) is 14.5. The molecule has 0 fully saturated rings. The Morgan fingerprint density at radius 3 is 2.63 bits per heavy atom. The molecular weight excluding hydrogens is 564 g/mol. The van der Waals surface area contributed by atoms with Crippen molar-refractivity contribution in [1.29, 1.82) is 0 Å². The molecule has 3 N–H and O–H groups in total. The van der Waals surface area contributed by atoms with Crippen LogP contribution in [0.15, 0.2) is 17.5 Å². The van der Waals surface area contributed by atoms with E-state index >= 15 is 0 Å². The van der Waals surface area contributed by atoms with Gasteiger partial charge in [0.15, 0.2) is 5.12 Å². The molecular formula is C29H44N4O6S2. The largest absolute Gasteiger partial charge is 0.456 e. The van der Waals surface area contributed by atoms with Crippen LogP contribution in [0, 0.1) is 5.92 Å². The summed E-state index contributed by atoms with van der Waals surface area (Å²) in [4.78, 5) is 68.1. The molecule has 2 bridgehead atoms. The number of aromatic nitrogens is 1. The molecule has 228 valence electrons. The number of esters is 1. The molecule has 2 atom stereocenters. The summed E-state index contributed by atoms with van der Waals surface area (Å²) in [5, 5.41) is 10.4. The number of hydrogen-bond acceptors (Lipinski definition) is 9. The van der Waals surface area contributed by atoms with Crippen molar-refractivity contribution in [1.82, 2.24) is 20.9 Å². The number of hydrogen-bond donors (Lipinski definition) is 3. The van der Waals surface area contributed by atoms with E-state index < -0.39 is 35.5 Å². The normalized spacial score (nSPS) is 20.4. The third-order valence-corrected chi connectivity index (χ3v) is 8.27. The van der Waals surface area contributed by atoms with Crippen LogP contribution >= 0.6 is 23.1 Å². The van der Waals surface area contributed by atoms with Gasteiger partial charge in [-0.15, -0.1) is 11.3 Å². The summed E-state index contributed by atoms with van der Waals surface area (Å²) in [5.41, 5.74) is -1.19. The second-order valence-corrected chi connectivity index (χ2v) is 13.1. The summed E-state index contributed by atoms with van der Waals surface area (Å²) in [6.45, 7) is 8.88. The Balaban J connectivity index is 2.09. The molecule has 0 aromatic carbocycles. The smallest absolute Gasteiger partial charge is 0.329 e. The van der Waals surface area contributed by atoms with E-state index in [1.165, 1.54) is 35.9 Å². The number of fused-ring (bicyclic) bond motifs is 2. The maximum Gasteiger partial charge on any atom is 0.329 e. The van der Waals surface area contributed by atoms with Gasteiger partial charge in [-0.2, -0.15) is 0 Å². The van der Waals surface area contributed by atoms with Gasteiger partial charge >= 0.3 is 5.97 Å². The second-order valence-electron chi connectivity index (χ2n) is 11.0. The molecule has 0 saturated carbocycles. The van der Waals surface area contributed by atoms with Gasteiger partial charge < -0.3 is 20.7 Å². The number of rotatable bonds is 11. The molecule has 1 aromatic heterocycles. The minimum absolute atomic E-state index is 0.108. The minimum Gasteiger partial charge on any atom is -0.456 e. The number of cyclic esters (lactones) is 1. The fourth-order valence-electron chi connectivity index (χ4n) is 3.95. The number of nitrogens with zero attached hydrogens (tertiary/aromatic N) is 1. The molecule has 0 spiro atoms. The van der Waals surface area contributed by atoms with Crippen molar-refractivity contribution in [3.63, 3.8) is 0 Å². The summed E-state index contributed by atoms with van der Waals surface area (Å²) in [6.07, 6.45) is 9.11. The number of unbranched alkanes of at least 4 members (excludes halogenated alkanes) is 4. The molecule has 0 radical (unpaired) electrons. The highest BCUT2D eigenvalue weighted by Crippen LogP contribution is 2.16. The van der Waals surface area contributed by atoms with Crippen molar-refractivity contribution in [3.8, 4) is 0 Å². The zero-order valence-electron chi connectivity index (χ0n) is 24.7. The molecule has 2 rings (SSSR count). The van der Waals surface area contributed by atoms with E-state index in [0.717, 1.165) is 19.3 Å². The molecule has 2 unspecified atom stereocenters. The number of amides is 3. The van der Waals surface area contributed by atoms with Gasteiger partial charge in [0.2, 0.25) is 11.8 Å². The van der Waals surface area contributed by atoms with Crippen LogP contribution in [0.1, 0.15) is 101 Å². The summed E-state index contributed by atoms with van der Waals surface area (Å²) in [7, 11) is 0. The highest BCUT2D eigenvalue weighted by Gasteiger charge is 2.36. The molecule has 10 nitrogen and oxygen atoms in total. The molecule has 1 aromatic rings. The van der Waals surface area contributed by atoms with Crippen molar-refractivity contribution in [3.05, 3.63) is 28.2 Å². The van der Waals surface area contributed by atoms with Crippen LogP contribution in [0.2, 0.25) is 0 Å². The maximum absolute atomic E-state index is 13.2. The molecule has 3 amide bonds. The molecule has 0 saturated heterocycles. The van der Waals surface area contributed by atoms with E-state index in [1.54, 1.807) is 45.2 Å². The monoisotopic (exact) mass is 608 g/mol. The van der Waals surface area contributed by atoms with Crippen LogP contribution < -0.4 is 16.0 Å². The maximum atomic E-state index is 13.2. The van der Waals surface area contributed by atoms with Crippen LogP contribution in [0.5, 0.6) is 0 Å². The molecule has 41 heavy (non-hydrogen) atoms. The minimum atomic E-state index is -1.33. The number of thiazole rings is 1. The lowest BCUT2D eigenvalue weighted by molar-refractivity contribution is -0.153. The zero-order chi connectivity index (χ0) is 30.4. The van der Waals surface area contributed by atoms with Crippen molar-refractivity contribution >= 4 is 51.9 Å². The Hall–Kier alpha value is -2.73. The van der Waals surface area contributed by atoms with Crippen LogP contribution in [0.25, 0.3) is 0 Å². The molecule has 2 heterocycles. The highest BCUT2D eigenvalue weighted by atomic mass is 32.2. The number of ether oxygens (including phenoxy) is 1. The number of carbonyl (C=O) groups is 5. The second kappa shape index (κ2) is 17.3. The Morgan fingerprint density at radius 1 is 1.20 bits per heavy atom. The highest BCUT2D eigenvalue weighted by molar-refractivity contribution is 8.13. The number of allylic oxidation sites excluding steroid dienone is 1. The topological polar surface area (TPSA) is 144 Å². The van der Waals surface area contributed by atoms with Crippen molar-refractivity contribution in [2.45, 2.75) is 110 Å². The van der Waals surface area contributed by atoms with Crippen LogP contribution in [-0.4, -0.2) is 57.2 Å². The number of carbonyl (C=O) groups excluding carboxylic acids is 5. The van der Waals surface area contributed by atoms with E-state index in [1.807, 2.05) is 0 Å². The first-order valence-electron chi connectivity index (χ1n) is 14.3. The first kappa shape index (κ1) is 34.5. The standard InChI is InChI=1S/C29H44N4O6S2/c1-6-7-8-9-10-14-24(35)40-15-12-11-13-20-16-22(34)30-17-23-31-21(18-41-23)26(36)33-29(4,5)28(38)32-25(19(2)3)27(37)39-20/h11,13,18-20,25H,6-10,12,14-17H2,1-5H3,(H,30,34)(H,32,38)(H,33,36)/b13-11+. The molecule has 1 aliphatic heterocycles. The van der Waals surface area contributed by atoms with Crippen LogP contribution in [0.4, 0.5) is 0 Å². The summed E-state index contributed by atoms with van der Waals surface area (Å²) in [6, 6.07) is -0.998. The van der Waals surface area contributed by atoms with Gasteiger partial charge in [-0.05, 0) is 38.7 Å². The first-order valence-corrected chi connectivity index (χ1v) is 16.2. The average Bonchev–Trinajstić information content (AvgIpc) is 3.38. The Bertz CT molecular complexity index is 1090. The fraction of sp³-hybridized carbons (Fsp3) is 0.655. The van der Waals surface area contributed by atoms with Gasteiger partial charge in [-0.3, -0.25) is 19.2 Å². The Labute approximate surface area is 251 Å². The number of nitrogens with one attached hydrogen (secondary N) is 3. The summed E-state index contributed by atoms with van der Waals surface area (Å²) in [5.74, 6) is -1.86. The summed E-state index contributed by atoms with van der Waals surface area (Å²) >= 11 is 2.51. The van der Waals surface area contributed by atoms with E-state index in [4.69, 9.17) is 4.74 Å². The molecule has 0 aliphatic carbocycles. The SMILES string of the molecule is CCCCCCCC(=O)SCC/C=C/C1CC(=O)NCc2nc(cs2)C(=O)NC(C)(C)C(=O)NC(C(C)C)C(=O)O1. The van der Waals surface area contributed by atoms with Gasteiger partial charge in [-0.25, -0.2) is 9.78 Å². The van der Waals surface area contributed by atoms with Crippen molar-refractivity contribution in [2.24, 2.45) is 5.92 Å². The van der Waals surface area contributed by atoms with Gasteiger partial charge in [0.1, 0.15) is 28.4 Å². The summed E-state index contributed by atoms with van der Waals surface area (Å²) < 4.78 is 5.70. The third-order valence-electron chi connectivity index (χ3n) is 6.46. The van der Waals surface area contributed by atoms with Gasteiger partial charge in [0.25, 0.3) is 5.91 Å². The van der Waals surface area contributed by atoms with Gasteiger partial charge in [0.05, 0.1) is 13.0 Å². The van der Waals surface area contributed by atoms with Gasteiger partial charge in [0, 0.05) is 17.6 Å². The van der Waals surface area contributed by atoms with E-state index in [9.17, 15) is 24.0 Å². The molecule has 1 aliphatic rings. The molecule has 12 heteroatoms. The van der Waals surface area contributed by atoms with Crippen LogP contribution in [-0.2, 0) is 30.5 Å². The average molecular weight is 609 g/mol. The lowest BCUT2D eigenvalue weighted by Crippen LogP contribution is -2.59. The van der Waals surface area contributed by atoms with E-state index in [-0.39, 0.29) is 35.6 Å². The van der Waals surface area contributed by atoms with E-state index in [2.05, 4.69) is 27.9 Å². The van der Waals surface area contributed by atoms with E-state index in [0.29, 0.717) is 23.6 Å². The third kappa shape index (κ3) is 12.4. The van der Waals surface area contributed by atoms with Crippen molar-refractivity contribution < 1.29 is 28.7 Å². The fourth-order valence-corrected chi connectivity index (χ4v) is 5.44. The lowest BCUT2D eigenvalue weighted by atomic mass is 9.99. The van der Waals surface area contributed by atoms with Crippen molar-refractivity contribution in [2.75, 3.05) is 5.75 Å². The first-order chi connectivity index (χ1) is 19.4. The number of thioether (sulfide) groups is 1.